The van der Waals surface area contributed by atoms with Crippen LogP contribution in [0.3, 0.4) is 0 Å². The van der Waals surface area contributed by atoms with Crippen LogP contribution in [0.5, 0.6) is 11.5 Å². The molecule has 156 valence electrons. The first kappa shape index (κ1) is 21.9. The number of carboxylic acids is 1. The molecule has 1 N–H and O–H groups in total. The quantitative estimate of drug-likeness (QED) is 0.496. The Balaban J connectivity index is 1.97. The third-order valence-corrected chi connectivity index (χ3v) is 5.78. The normalized spacial score (nSPS) is 15.0. The fourth-order valence-electron chi connectivity index (χ4n) is 2.90. The molecular weight excluding hydrogens is 422 g/mol. The zero-order valence-electron chi connectivity index (χ0n) is 16.8. The fraction of sp³-hybridized carbons (Fsp3) is 0.227. The van der Waals surface area contributed by atoms with E-state index in [9.17, 15) is 9.59 Å². The Labute approximate surface area is 184 Å². The number of rotatable bonds is 7. The number of para-hydroxylation sites is 1. The number of thioether (sulfide) groups is 1. The molecule has 3 rings (SSSR count). The lowest BCUT2D eigenvalue weighted by molar-refractivity contribution is -0.139. The summed E-state index contributed by atoms with van der Waals surface area (Å²) >= 11 is 6.64. The number of amides is 1. The molecule has 0 unspecified atom stereocenters. The maximum absolute atomic E-state index is 13.1. The van der Waals surface area contributed by atoms with Gasteiger partial charge in [-0.15, -0.1) is 0 Å². The first-order valence-corrected chi connectivity index (χ1v) is 10.5. The molecule has 2 aromatic rings. The van der Waals surface area contributed by atoms with Crippen molar-refractivity contribution < 1.29 is 24.2 Å². The van der Waals surface area contributed by atoms with Crippen LogP contribution in [0.4, 0.5) is 5.69 Å². The summed E-state index contributed by atoms with van der Waals surface area (Å²) in [6.07, 6.45) is 1.65. The van der Waals surface area contributed by atoms with E-state index in [1.54, 1.807) is 24.3 Å². The highest BCUT2D eigenvalue weighted by molar-refractivity contribution is 8.27. The molecule has 1 saturated heterocycles. The lowest BCUT2D eigenvalue weighted by Crippen LogP contribution is -2.27. The van der Waals surface area contributed by atoms with Crippen molar-refractivity contribution in [2.75, 3.05) is 18.1 Å². The highest BCUT2D eigenvalue weighted by Gasteiger charge is 2.33. The lowest BCUT2D eigenvalue weighted by atomic mass is 10.1. The molecule has 1 amide bonds. The third kappa shape index (κ3) is 4.66. The molecule has 2 aromatic carbocycles. The van der Waals surface area contributed by atoms with Gasteiger partial charge in [-0.2, -0.15) is 0 Å². The van der Waals surface area contributed by atoms with Gasteiger partial charge in [0.15, 0.2) is 22.4 Å². The van der Waals surface area contributed by atoms with Crippen LogP contribution in [-0.2, 0) is 9.59 Å². The van der Waals surface area contributed by atoms with Crippen molar-refractivity contribution in [2.45, 2.75) is 20.8 Å². The third-order valence-electron chi connectivity index (χ3n) is 4.48. The Morgan fingerprint density at radius 2 is 1.97 bits per heavy atom. The number of carbonyl (C=O) groups is 2. The summed E-state index contributed by atoms with van der Waals surface area (Å²) in [6, 6.07) is 10.9. The second-order valence-corrected chi connectivity index (χ2v) is 8.25. The van der Waals surface area contributed by atoms with Crippen LogP contribution >= 0.6 is 24.0 Å². The molecule has 6 nitrogen and oxygen atoms in total. The molecule has 1 aliphatic rings. The number of aryl methyl sites for hydroxylation is 2. The smallest absolute Gasteiger partial charge is 0.341 e. The number of hydrogen-bond donors (Lipinski definition) is 1. The number of aliphatic carboxylic acids is 1. The van der Waals surface area contributed by atoms with E-state index in [0.717, 1.165) is 16.8 Å². The van der Waals surface area contributed by atoms with Crippen LogP contribution in [0, 0.1) is 13.8 Å². The van der Waals surface area contributed by atoms with Crippen LogP contribution in [0.25, 0.3) is 6.08 Å². The molecule has 1 fully saturated rings. The van der Waals surface area contributed by atoms with E-state index in [2.05, 4.69) is 0 Å². The number of thiocarbonyl (C=S) groups is 1. The summed E-state index contributed by atoms with van der Waals surface area (Å²) in [5.41, 5.74) is 3.46. The summed E-state index contributed by atoms with van der Waals surface area (Å²) in [5, 5.41) is 8.99. The maximum Gasteiger partial charge on any atom is 0.341 e. The monoisotopic (exact) mass is 443 g/mol. The minimum Gasteiger partial charge on any atom is -0.490 e. The van der Waals surface area contributed by atoms with E-state index in [-0.39, 0.29) is 11.7 Å². The second kappa shape index (κ2) is 9.32. The Kier molecular flexibility index (Phi) is 6.79. The fourth-order valence-corrected chi connectivity index (χ4v) is 4.19. The van der Waals surface area contributed by atoms with Gasteiger partial charge >= 0.3 is 5.97 Å². The first-order valence-electron chi connectivity index (χ1n) is 9.27. The van der Waals surface area contributed by atoms with Crippen molar-refractivity contribution in [1.82, 2.24) is 0 Å². The summed E-state index contributed by atoms with van der Waals surface area (Å²) in [7, 11) is 0. The predicted octanol–water partition coefficient (Wildman–Crippen LogP) is 4.57. The summed E-state index contributed by atoms with van der Waals surface area (Å²) in [4.78, 5) is 26.0. The highest BCUT2D eigenvalue weighted by Crippen LogP contribution is 2.39. The van der Waals surface area contributed by atoms with E-state index in [0.29, 0.717) is 27.1 Å². The molecule has 1 aliphatic heterocycles. The predicted molar refractivity (Wildman–Crippen MR) is 122 cm³/mol. The Bertz CT molecular complexity index is 1050. The molecule has 1 heterocycles. The zero-order chi connectivity index (χ0) is 21.8. The van der Waals surface area contributed by atoms with E-state index < -0.39 is 12.6 Å². The number of benzene rings is 2. The van der Waals surface area contributed by atoms with E-state index in [1.165, 1.54) is 16.7 Å². The molecule has 0 radical (unpaired) electrons. The Morgan fingerprint density at radius 1 is 1.20 bits per heavy atom. The number of carboxylic acid groups (broad SMARTS) is 1. The standard InChI is InChI=1S/C22H21NO5S2/c1-4-27-17-7-5-6-15(20(17)28-12-19(24)25)11-18-21(26)23(22(29)30-18)16-9-8-13(2)14(3)10-16/h5-11H,4,12H2,1-3H3,(H,24,25)/b18-11-. The molecule has 0 saturated carbocycles. The van der Waals surface area contributed by atoms with Gasteiger partial charge in [-0.1, -0.05) is 42.2 Å². The molecule has 30 heavy (non-hydrogen) atoms. The van der Waals surface area contributed by atoms with Crippen molar-refractivity contribution in [2.24, 2.45) is 0 Å². The molecule has 0 bridgehead atoms. The molecule has 0 atom stereocenters. The lowest BCUT2D eigenvalue weighted by Gasteiger charge is -2.16. The largest absolute Gasteiger partial charge is 0.490 e. The van der Waals surface area contributed by atoms with Crippen LogP contribution in [-0.4, -0.2) is 34.5 Å². The van der Waals surface area contributed by atoms with Crippen LogP contribution in [0.2, 0.25) is 0 Å². The number of carbonyl (C=O) groups excluding carboxylic acids is 1. The molecule has 0 aliphatic carbocycles. The minimum absolute atomic E-state index is 0.237. The van der Waals surface area contributed by atoms with Gasteiger partial charge in [0.2, 0.25) is 0 Å². The number of anilines is 1. The van der Waals surface area contributed by atoms with Gasteiger partial charge in [0.25, 0.3) is 5.91 Å². The van der Waals surface area contributed by atoms with Gasteiger partial charge in [0.05, 0.1) is 17.2 Å². The van der Waals surface area contributed by atoms with Crippen LogP contribution in [0.1, 0.15) is 23.6 Å². The van der Waals surface area contributed by atoms with Crippen LogP contribution in [0.15, 0.2) is 41.3 Å². The van der Waals surface area contributed by atoms with Crippen molar-refractivity contribution in [1.29, 1.82) is 0 Å². The average Bonchev–Trinajstić information content (AvgIpc) is 2.97. The summed E-state index contributed by atoms with van der Waals surface area (Å²) in [5.74, 6) is -0.650. The number of nitrogens with zero attached hydrogens (tertiary/aromatic N) is 1. The van der Waals surface area contributed by atoms with Gasteiger partial charge in [-0.3, -0.25) is 9.69 Å². The van der Waals surface area contributed by atoms with Gasteiger partial charge in [0, 0.05) is 5.56 Å². The highest BCUT2D eigenvalue weighted by atomic mass is 32.2. The molecule has 8 heteroatoms. The van der Waals surface area contributed by atoms with Gasteiger partial charge < -0.3 is 14.6 Å². The number of hydrogen-bond acceptors (Lipinski definition) is 6. The minimum atomic E-state index is -1.10. The molecular formula is C22H21NO5S2. The first-order chi connectivity index (χ1) is 14.3. The Morgan fingerprint density at radius 3 is 2.63 bits per heavy atom. The van der Waals surface area contributed by atoms with Crippen molar-refractivity contribution in [3.63, 3.8) is 0 Å². The molecule has 0 spiro atoms. The molecule has 0 aromatic heterocycles. The summed E-state index contributed by atoms with van der Waals surface area (Å²) < 4.78 is 11.5. The van der Waals surface area contributed by atoms with Crippen LogP contribution < -0.4 is 14.4 Å². The van der Waals surface area contributed by atoms with Gasteiger partial charge in [-0.05, 0) is 56.2 Å². The SMILES string of the molecule is CCOc1cccc(/C=C2\SC(=S)N(c3ccc(C)c(C)c3)C2=O)c1OCC(=O)O. The second-order valence-electron chi connectivity index (χ2n) is 6.58. The summed E-state index contributed by atoms with van der Waals surface area (Å²) in [6.45, 7) is 5.68. The van der Waals surface area contributed by atoms with E-state index in [4.69, 9.17) is 26.8 Å². The zero-order valence-corrected chi connectivity index (χ0v) is 18.4. The van der Waals surface area contributed by atoms with E-state index in [1.807, 2.05) is 39.0 Å². The van der Waals surface area contributed by atoms with Crippen molar-refractivity contribution in [3.05, 3.63) is 58.0 Å². The van der Waals surface area contributed by atoms with Crippen molar-refractivity contribution in [3.8, 4) is 11.5 Å². The average molecular weight is 444 g/mol. The maximum atomic E-state index is 13.1. The van der Waals surface area contributed by atoms with Gasteiger partial charge in [-0.25, -0.2) is 4.79 Å². The van der Waals surface area contributed by atoms with Crippen molar-refractivity contribution >= 4 is 51.9 Å². The van der Waals surface area contributed by atoms with E-state index >= 15 is 0 Å². The Hall–Kier alpha value is -2.84. The number of ether oxygens (including phenoxy) is 2. The van der Waals surface area contributed by atoms with Gasteiger partial charge in [0.1, 0.15) is 0 Å². The topological polar surface area (TPSA) is 76.1 Å².